The summed E-state index contributed by atoms with van der Waals surface area (Å²) in [6, 6.07) is 22.4. The number of primary amides is 1. The summed E-state index contributed by atoms with van der Waals surface area (Å²) >= 11 is 5.87. The highest BCUT2D eigenvalue weighted by Crippen LogP contribution is 2.26. The molecule has 0 fully saturated rings. The standard InChI is InChI=1S/C23H22ClN3O3/c24-18-11-9-16(10-12-18)15-26-22(28)14-21(27-23(25)29)17-5-4-8-20(13-17)30-19-6-2-1-3-7-19/h1-13,21H,14-15H2,(H,26,28)(H3,25,27,29). The number of amides is 3. The molecule has 0 saturated heterocycles. The van der Waals surface area contributed by atoms with Crippen LogP contribution >= 0.6 is 11.6 Å². The summed E-state index contributed by atoms with van der Waals surface area (Å²) in [5.74, 6) is 1.06. The molecule has 3 aromatic rings. The first kappa shape index (κ1) is 21.2. The topological polar surface area (TPSA) is 93.5 Å². The molecule has 1 unspecified atom stereocenters. The summed E-state index contributed by atoms with van der Waals surface area (Å²) in [6.07, 6.45) is 0.0331. The molecule has 3 amide bonds. The molecule has 0 aliphatic rings. The van der Waals surface area contributed by atoms with Crippen molar-refractivity contribution in [2.24, 2.45) is 5.73 Å². The molecule has 4 N–H and O–H groups in total. The van der Waals surface area contributed by atoms with Crippen molar-refractivity contribution in [3.05, 3.63) is 95.0 Å². The molecule has 3 aromatic carbocycles. The van der Waals surface area contributed by atoms with Gasteiger partial charge in [0.05, 0.1) is 12.5 Å². The predicted octanol–water partition coefficient (Wildman–Crippen LogP) is 4.55. The summed E-state index contributed by atoms with van der Waals surface area (Å²) < 4.78 is 5.84. The van der Waals surface area contributed by atoms with Crippen LogP contribution in [0.1, 0.15) is 23.6 Å². The zero-order valence-electron chi connectivity index (χ0n) is 16.2. The van der Waals surface area contributed by atoms with E-state index in [2.05, 4.69) is 10.6 Å². The molecule has 3 rings (SSSR count). The summed E-state index contributed by atoms with van der Waals surface area (Å²) in [6.45, 7) is 0.358. The zero-order valence-corrected chi connectivity index (χ0v) is 16.9. The van der Waals surface area contributed by atoms with Crippen LogP contribution < -0.4 is 21.1 Å². The molecule has 0 spiro atoms. The Kier molecular flexibility index (Phi) is 7.29. The average Bonchev–Trinajstić information content (AvgIpc) is 2.73. The fraction of sp³-hybridized carbons (Fsp3) is 0.130. The lowest BCUT2D eigenvalue weighted by atomic mass is 10.0. The van der Waals surface area contributed by atoms with Gasteiger partial charge in [-0.25, -0.2) is 4.79 Å². The van der Waals surface area contributed by atoms with Gasteiger partial charge in [0, 0.05) is 11.6 Å². The zero-order chi connectivity index (χ0) is 21.3. The molecule has 0 saturated carbocycles. The van der Waals surface area contributed by atoms with Gasteiger partial charge in [0.2, 0.25) is 5.91 Å². The van der Waals surface area contributed by atoms with Crippen LogP contribution in [0.5, 0.6) is 11.5 Å². The van der Waals surface area contributed by atoms with Crippen molar-refractivity contribution in [2.75, 3.05) is 0 Å². The predicted molar refractivity (Wildman–Crippen MR) is 116 cm³/mol. The van der Waals surface area contributed by atoms with Gasteiger partial charge in [-0.2, -0.15) is 0 Å². The van der Waals surface area contributed by atoms with Crippen molar-refractivity contribution >= 4 is 23.5 Å². The number of benzene rings is 3. The number of hydrogen-bond acceptors (Lipinski definition) is 3. The van der Waals surface area contributed by atoms with E-state index in [1.54, 1.807) is 30.3 Å². The second-order valence-electron chi connectivity index (χ2n) is 6.66. The Balaban J connectivity index is 1.67. The fourth-order valence-corrected chi connectivity index (χ4v) is 3.03. The molecule has 0 aliphatic heterocycles. The van der Waals surface area contributed by atoms with Gasteiger partial charge in [-0.15, -0.1) is 0 Å². The molecule has 30 heavy (non-hydrogen) atoms. The van der Waals surface area contributed by atoms with Gasteiger partial charge in [-0.1, -0.05) is 54.1 Å². The van der Waals surface area contributed by atoms with E-state index in [0.29, 0.717) is 28.6 Å². The molecular formula is C23H22ClN3O3. The van der Waals surface area contributed by atoms with Crippen LogP contribution in [0.4, 0.5) is 4.79 Å². The number of carbonyl (C=O) groups excluding carboxylic acids is 2. The number of para-hydroxylation sites is 1. The molecule has 0 heterocycles. The minimum atomic E-state index is -0.708. The van der Waals surface area contributed by atoms with E-state index in [0.717, 1.165) is 5.56 Å². The maximum absolute atomic E-state index is 12.5. The van der Waals surface area contributed by atoms with Crippen LogP contribution in [0, 0.1) is 0 Å². The van der Waals surface area contributed by atoms with Crippen LogP contribution in [0.2, 0.25) is 5.02 Å². The van der Waals surface area contributed by atoms with E-state index >= 15 is 0 Å². The van der Waals surface area contributed by atoms with Gasteiger partial charge in [0.25, 0.3) is 0 Å². The highest BCUT2D eigenvalue weighted by Gasteiger charge is 2.18. The van der Waals surface area contributed by atoms with E-state index < -0.39 is 12.1 Å². The molecule has 0 aliphatic carbocycles. The summed E-state index contributed by atoms with van der Waals surface area (Å²) in [4.78, 5) is 24.0. The van der Waals surface area contributed by atoms with Crippen molar-refractivity contribution in [3.63, 3.8) is 0 Å². The molecular weight excluding hydrogens is 402 g/mol. The molecule has 0 aromatic heterocycles. The third-order valence-electron chi connectivity index (χ3n) is 4.35. The second kappa shape index (κ2) is 10.3. The molecule has 7 heteroatoms. The van der Waals surface area contributed by atoms with Gasteiger partial charge in [0.15, 0.2) is 0 Å². The second-order valence-corrected chi connectivity index (χ2v) is 7.09. The van der Waals surface area contributed by atoms with Crippen LogP contribution in [0.15, 0.2) is 78.9 Å². The number of hydrogen-bond donors (Lipinski definition) is 3. The Morgan fingerprint density at radius 1 is 0.933 bits per heavy atom. The first-order chi connectivity index (χ1) is 14.5. The lowest BCUT2D eigenvalue weighted by Gasteiger charge is -2.19. The van der Waals surface area contributed by atoms with Gasteiger partial charge in [-0.05, 0) is 47.5 Å². The quantitative estimate of drug-likeness (QED) is 0.496. The first-order valence-electron chi connectivity index (χ1n) is 9.39. The minimum Gasteiger partial charge on any atom is -0.457 e. The molecule has 0 radical (unpaired) electrons. The van der Waals surface area contributed by atoms with Crippen LogP contribution in [-0.4, -0.2) is 11.9 Å². The number of nitrogens with two attached hydrogens (primary N) is 1. The van der Waals surface area contributed by atoms with E-state index in [1.165, 1.54) is 0 Å². The van der Waals surface area contributed by atoms with Crippen molar-refractivity contribution in [3.8, 4) is 11.5 Å². The maximum atomic E-state index is 12.5. The molecule has 154 valence electrons. The van der Waals surface area contributed by atoms with E-state index in [9.17, 15) is 9.59 Å². The van der Waals surface area contributed by atoms with Gasteiger partial charge in [0.1, 0.15) is 11.5 Å². The normalized spacial score (nSPS) is 11.4. The number of nitrogens with one attached hydrogen (secondary N) is 2. The Labute approximate surface area is 180 Å². The van der Waals surface area contributed by atoms with Crippen molar-refractivity contribution in [1.29, 1.82) is 0 Å². The van der Waals surface area contributed by atoms with Crippen LogP contribution in [-0.2, 0) is 11.3 Å². The summed E-state index contributed by atoms with van der Waals surface area (Å²) in [5, 5.41) is 6.10. The van der Waals surface area contributed by atoms with Gasteiger partial charge in [-0.3, -0.25) is 4.79 Å². The highest BCUT2D eigenvalue weighted by atomic mass is 35.5. The number of ether oxygens (including phenoxy) is 1. The Hall–Kier alpha value is -3.51. The maximum Gasteiger partial charge on any atom is 0.312 e. The lowest BCUT2D eigenvalue weighted by Crippen LogP contribution is -2.36. The fourth-order valence-electron chi connectivity index (χ4n) is 2.90. The molecule has 6 nitrogen and oxygen atoms in total. The smallest absolute Gasteiger partial charge is 0.312 e. The van der Waals surface area contributed by atoms with Crippen molar-refractivity contribution in [1.82, 2.24) is 10.6 Å². The number of urea groups is 1. The van der Waals surface area contributed by atoms with E-state index in [-0.39, 0.29) is 12.3 Å². The molecule has 1 atom stereocenters. The van der Waals surface area contributed by atoms with Crippen molar-refractivity contribution < 1.29 is 14.3 Å². The Morgan fingerprint density at radius 3 is 2.33 bits per heavy atom. The van der Waals surface area contributed by atoms with Crippen LogP contribution in [0.25, 0.3) is 0 Å². The highest BCUT2D eigenvalue weighted by molar-refractivity contribution is 6.30. The SMILES string of the molecule is NC(=O)NC(CC(=O)NCc1ccc(Cl)cc1)c1cccc(Oc2ccccc2)c1. The summed E-state index contributed by atoms with van der Waals surface area (Å²) in [5.41, 5.74) is 6.96. The van der Waals surface area contributed by atoms with Crippen molar-refractivity contribution in [2.45, 2.75) is 19.0 Å². The lowest BCUT2D eigenvalue weighted by molar-refractivity contribution is -0.121. The van der Waals surface area contributed by atoms with Crippen LogP contribution in [0.3, 0.4) is 0 Å². The average molecular weight is 424 g/mol. The van der Waals surface area contributed by atoms with Gasteiger partial charge >= 0.3 is 6.03 Å². The minimum absolute atomic E-state index is 0.0331. The largest absolute Gasteiger partial charge is 0.457 e. The van der Waals surface area contributed by atoms with E-state index in [1.807, 2.05) is 48.5 Å². The summed E-state index contributed by atoms with van der Waals surface area (Å²) in [7, 11) is 0. The third kappa shape index (κ3) is 6.53. The number of rotatable bonds is 8. The first-order valence-corrected chi connectivity index (χ1v) is 9.77. The van der Waals surface area contributed by atoms with E-state index in [4.69, 9.17) is 22.1 Å². The number of carbonyl (C=O) groups is 2. The Bertz CT molecular complexity index is 994. The molecule has 0 bridgehead atoms. The third-order valence-corrected chi connectivity index (χ3v) is 4.60. The Morgan fingerprint density at radius 2 is 1.63 bits per heavy atom. The number of halogens is 1. The monoisotopic (exact) mass is 423 g/mol. The van der Waals surface area contributed by atoms with Gasteiger partial charge < -0.3 is 21.1 Å².